The molecule has 150 valence electrons. The summed E-state index contributed by atoms with van der Waals surface area (Å²) in [6.45, 7) is 5.71. The molecule has 1 amide bonds. The van der Waals surface area contributed by atoms with Gasteiger partial charge in [0, 0.05) is 36.9 Å². The molecule has 8 heteroatoms. The average molecular weight is 422 g/mol. The predicted molar refractivity (Wildman–Crippen MR) is 111 cm³/mol. The van der Waals surface area contributed by atoms with Crippen LogP contribution >= 0.6 is 11.6 Å². The lowest BCUT2D eigenvalue weighted by Gasteiger charge is -2.33. The zero-order valence-corrected chi connectivity index (χ0v) is 17.6. The number of nitrogens with zero attached hydrogens (tertiary/aromatic N) is 2. The third-order valence-corrected chi connectivity index (χ3v) is 7.05. The van der Waals surface area contributed by atoms with Crippen LogP contribution in [0.1, 0.15) is 11.1 Å². The Morgan fingerprint density at radius 2 is 1.79 bits per heavy atom. The molecule has 0 atom stereocenters. The lowest BCUT2D eigenvalue weighted by molar-refractivity contribution is -0.117. The van der Waals surface area contributed by atoms with Gasteiger partial charge in [0.25, 0.3) is 0 Å². The molecule has 1 heterocycles. The highest BCUT2D eigenvalue weighted by atomic mass is 35.5. The minimum atomic E-state index is -3.52. The first-order chi connectivity index (χ1) is 13.3. The molecule has 0 spiro atoms. The van der Waals surface area contributed by atoms with E-state index in [1.807, 2.05) is 30.9 Å². The lowest BCUT2D eigenvalue weighted by atomic mass is 10.2. The van der Waals surface area contributed by atoms with Gasteiger partial charge in [-0.3, -0.25) is 9.69 Å². The van der Waals surface area contributed by atoms with Crippen molar-refractivity contribution in [1.82, 2.24) is 9.21 Å². The first-order valence-electron chi connectivity index (χ1n) is 9.11. The number of rotatable bonds is 5. The number of carbonyl (C=O) groups is 1. The van der Waals surface area contributed by atoms with Crippen LogP contribution in [0, 0.1) is 13.8 Å². The van der Waals surface area contributed by atoms with Crippen LogP contribution < -0.4 is 5.32 Å². The van der Waals surface area contributed by atoms with Crippen molar-refractivity contribution in [3.63, 3.8) is 0 Å². The molecule has 6 nitrogen and oxygen atoms in total. The number of hydrogen-bond acceptors (Lipinski definition) is 4. The summed E-state index contributed by atoms with van der Waals surface area (Å²) < 4.78 is 27.4. The van der Waals surface area contributed by atoms with Gasteiger partial charge in [-0.25, -0.2) is 8.42 Å². The van der Waals surface area contributed by atoms with Gasteiger partial charge in [-0.2, -0.15) is 4.31 Å². The summed E-state index contributed by atoms with van der Waals surface area (Å²) >= 11 is 5.93. The van der Waals surface area contributed by atoms with E-state index in [1.54, 1.807) is 30.3 Å². The van der Waals surface area contributed by atoms with Crippen molar-refractivity contribution < 1.29 is 13.2 Å². The summed E-state index contributed by atoms with van der Waals surface area (Å²) in [5.74, 6) is -0.145. The number of sulfonamides is 1. The van der Waals surface area contributed by atoms with Gasteiger partial charge in [0.15, 0.2) is 0 Å². The minimum Gasteiger partial charge on any atom is -0.325 e. The van der Waals surface area contributed by atoms with Gasteiger partial charge in [0.2, 0.25) is 15.9 Å². The van der Waals surface area contributed by atoms with Crippen LogP contribution in [0.25, 0.3) is 0 Å². The minimum absolute atomic E-state index is 0.145. The second-order valence-electron chi connectivity index (χ2n) is 7.01. The maximum atomic E-state index is 12.9. The van der Waals surface area contributed by atoms with Crippen molar-refractivity contribution >= 4 is 33.2 Å². The lowest BCUT2D eigenvalue weighted by Crippen LogP contribution is -2.50. The van der Waals surface area contributed by atoms with Crippen LogP contribution in [0.4, 0.5) is 5.69 Å². The molecule has 3 rings (SSSR count). The van der Waals surface area contributed by atoms with E-state index >= 15 is 0 Å². The molecule has 2 aromatic rings. The molecule has 0 aliphatic carbocycles. The number of carbonyl (C=O) groups excluding carboxylic acids is 1. The molecule has 2 aromatic carbocycles. The highest BCUT2D eigenvalue weighted by molar-refractivity contribution is 7.89. The quantitative estimate of drug-likeness (QED) is 0.805. The molecular weight excluding hydrogens is 398 g/mol. The molecular formula is C20H24ClN3O3S. The fourth-order valence-electron chi connectivity index (χ4n) is 3.33. The largest absolute Gasteiger partial charge is 0.325 e. The van der Waals surface area contributed by atoms with E-state index in [1.165, 1.54) is 4.31 Å². The molecule has 1 saturated heterocycles. The third kappa shape index (κ3) is 4.91. The van der Waals surface area contributed by atoms with Crippen LogP contribution in [-0.2, 0) is 14.8 Å². The molecule has 0 bridgehead atoms. The Kier molecular flexibility index (Phi) is 6.40. The van der Waals surface area contributed by atoms with E-state index in [4.69, 9.17) is 11.6 Å². The normalized spacial score (nSPS) is 16.1. The SMILES string of the molecule is Cc1ccc(S(=O)(=O)N2CCN(CC(=O)Nc3cccc(Cl)c3)CC2)c(C)c1. The van der Waals surface area contributed by atoms with E-state index in [-0.39, 0.29) is 12.5 Å². The smallest absolute Gasteiger partial charge is 0.243 e. The number of hydrogen-bond donors (Lipinski definition) is 1. The monoisotopic (exact) mass is 421 g/mol. The van der Waals surface area contributed by atoms with Crippen LogP contribution in [0.5, 0.6) is 0 Å². The number of nitrogens with one attached hydrogen (secondary N) is 1. The van der Waals surface area contributed by atoms with Gasteiger partial charge >= 0.3 is 0 Å². The fraction of sp³-hybridized carbons (Fsp3) is 0.350. The molecule has 0 aromatic heterocycles. The molecule has 1 aliphatic heterocycles. The van der Waals surface area contributed by atoms with Crippen molar-refractivity contribution in [1.29, 1.82) is 0 Å². The average Bonchev–Trinajstić information content (AvgIpc) is 2.61. The zero-order chi connectivity index (χ0) is 20.3. The molecule has 1 N–H and O–H groups in total. The molecule has 0 saturated carbocycles. The van der Waals surface area contributed by atoms with Gasteiger partial charge in [-0.15, -0.1) is 0 Å². The van der Waals surface area contributed by atoms with Crippen LogP contribution in [0.15, 0.2) is 47.4 Å². The highest BCUT2D eigenvalue weighted by Crippen LogP contribution is 2.22. The maximum Gasteiger partial charge on any atom is 0.243 e. The van der Waals surface area contributed by atoms with Crippen molar-refractivity contribution in [3.05, 3.63) is 58.6 Å². The Balaban J connectivity index is 1.57. The Labute approximate surface area is 171 Å². The molecule has 28 heavy (non-hydrogen) atoms. The van der Waals surface area contributed by atoms with E-state index in [2.05, 4.69) is 5.32 Å². The fourth-order valence-corrected chi connectivity index (χ4v) is 5.14. The van der Waals surface area contributed by atoms with Crippen LogP contribution in [0.3, 0.4) is 0 Å². The molecule has 1 fully saturated rings. The Bertz CT molecular complexity index is 970. The van der Waals surface area contributed by atoms with Crippen molar-refractivity contribution in [2.45, 2.75) is 18.7 Å². The summed E-state index contributed by atoms with van der Waals surface area (Å²) in [6.07, 6.45) is 0. The number of aryl methyl sites for hydroxylation is 2. The molecule has 0 unspecified atom stereocenters. The second-order valence-corrected chi connectivity index (χ2v) is 9.35. The number of anilines is 1. The van der Waals surface area contributed by atoms with E-state index in [9.17, 15) is 13.2 Å². The Morgan fingerprint density at radius 1 is 1.07 bits per heavy atom. The van der Waals surface area contributed by atoms with Gasteiger partial charge in [0.05, 0.1) is 11.4 Å². The molecule has 0 radical (unpaired) electrons. The maximum absolute atomic E-state index is 12.9. The van der Waals surface area contributed by atoms with Crippen LogP contribution in [-0.4, -0.2) is 56.3 Å². The summed E-state index contributed by atoms with van der Waals surface area (Å²) in [7, 11) is -3.52. The first-order valence-corrected chi connectivity index (χ1v) is 10.9. The van der Waals surface area contributed by atoms with Gasteiger partial charge < -0.3 is 5.32 Å². The summed E-state index contributed by atoms with van der Waals surface area (Å²) in [4.78, 5) is 14.5. The summed E-state index contributed by atoms with van der Waals surface area (Å²) in [5, 5.41) is 3.37. The standard InChI is InChI=1S/C20H24ClN3O3S/c1-15-6-7-19(16(2)12-15)28(26,27)24-10-8-23(9-11-24)14-20(25)22-18-5-3-4-17(21)13-18/h3-7,12-13H,8-11,14H2,1-2H3,(H,22,25). The summed E-state index contributed by atoms with van der Waals surface area (Å²) in [5.41, 5.74) is 2.43. The first kappa shape index (κ1) is 20.8. The number of halogens is 1. The molecule has 1 aliphatic rings. The van der Waals surface area contributed by atoms with Gasteiger partial charge in [0.1, 0.15) is 0 Å². The van der Waals surface area contributed by atoms with Gasteiger partial charge in [-0.1, -0.05) is 35.4 Å². The number of amides is 1. The zero-order valence-electron chi connectivity index (χ0n) is 16.0. The predicted octanol–water partition coefficient (Wildman–Crippen LogP) is 2.90. The van der Waals surface area contributed by atoms with Crippen LogP contribution in [0.2, 0.25) is 5.02 Å². The van der Waals surface area contributed by atoms with Crippen molar-refractivity contribution in [2.24, 2.45) is 0 Å². The highest BCUT2D eigenvalue weighted by Gasteiger charge is 2.30. The Hall–Kier alpha value is -1.93. The van der Waals surface area contributed by atoms with E-state index in [0.717, 1.165) is 11.1 Å². The number of benzene rings is 2. The van der Waals surface area contributed by atoms with Gasteiger partial charge in [-0.05, 0) is 43.7 Å². The number of piperazine rings is 1. The summed E-state index contributed by atoms with van der Waals surface area (Å²) in [6, 6.07) is 12.3. The van der Waals surface area contributed by atoms with E-state index in [0.29, 0.717) is 41.8 Å². The topological polar surface area (TPSA) is 69.7 Å². The Morgan fingerprint density at radius 3 is 2.43 bits per heavy atom. The van der Waals surface area contributed by atoms with Crippen molar-refractivity contribution in [2.75, 3.05) is 38.0 Å². The van der Waals surface area contributed by atoms with Crippen molar-refractivity contribution in [3.8, 4) is 0 Å². The second kappa shape index (κ2) is 8.61. The van der Waals surface area contributed by atoms with E-state index < -0.39 is 10.0 Å². The third-order valence-electron chi connectivity index (χ3n) is 4.76.